The lowest BCUT2D eigenvalue weighted by atomic mass is 9.92. The topological polar surface area (TPSA) is 84.3 Å². The molecule has 0 heterocycles. The number of amides is 1. The molecular weight excluding hydrogens is 282 g/mol. The Kier molecular flexibility index (Phi) is 5.47. The number of nitrogens with one attached hydrogen (secondary N) is 2. The Morgan fingerprint density at radius 3 is 2.65 bits per heavy atom. The van der Waals surface area contributed by atoms with Crippen molar-refractivity contribution >= 4 is 23.2 Å². The highest BCUT2D eigenvalue weighted by atomic mass is 35.5. The van der Waals surface area contributed by atoms with E-state index in [1.807, 2.05) is 13.8 Å². The number of carbonyl (C=O) groups is 1. The summed E-state index contributed by atoms with van der Waals surface area (Å²) in [4.78, 5) is 21.9. The maximum absolute atomic E-state index is 11.6. The standard InChI is InChI=1S/C13H18ClN3O3/c1-13(2,12(18)15-3)8-16-7-9-4-5-10(14)11(6-9)17(19)20/h4-6,16H,7-8H2,1-3H3,(H,15,18). The molecule has 0 radical (unpaired) electrons. The zero-order chi connectivity index (χ0) is 15.3. The molecular formula is C13H18ClN3O3. The van der Waals surface area contributed by atoms with Crippen LogP contribution >= 0.6 is 11.6 Å². The van der Waals surface area contributed by atoms with Crippen LogP contribution in [0.3, 0.4) is 0 Å². The maximum atomic E-state index is 11.6. The van der Waals surface area contributed by atoms with Crippen LogP contribution in [0.15, 0.2) is 18.2 Å². The van der Waals surface area contributed by atoms with Crippen LogP contribution in [-0.4, -0.2) is 24.4 Å². The average molecular weight is 300 g/mol. The van der Waals surface area contributed by atoms with Gasteiger partial charge in [0.05, 0.1) is 10.3 Å². The minimum Gasteiger partial charge on any atom is -0.359 e. The van der Waals surface area contributed by atoms with Gasteiger partial charge in [-0.1, -0.05) is 17.7 Å². The first-order valence-electron chi connectivity index (χ1n) is 6.13. The van der Waals surface area contributed by atoms with Crippen molar-refractivity contribution in [1.82, 2.24) is 10.6 Å². The second-order valence-electron chi connectivity index (χ2n) is 5.11. The monoisotopic (exact) mass is 299 g/mol. The summed E-state index contributed by atoms with van der Waals surface area (Å²) in [5, 5.41) is 16.6. The Labute approximate surface area is 122 Å². The first-order chi connectivity index (χ1) is 9.27. The minimum absolute atomic E-state index is 0.0629. The lowest BCUT2D eigenvalue weighted by Crippen LogP contribution is -2.41. The molecule has 0 aliphatic heterocycles. The average Bonchev–Trinajstić information content (AvgIpc) is 2.39. The van der Waals surface area contributed by atoms with E-state index in [4.69, 9.17) is 11.6 Å². The number of hydrogen-bond donors (Lipinski definition) is 2. The van der Waals surface area contributed by atoms with Crippen molar-refractivity contribution in [2.24, 2.45) is 5.41 Å². The highest BCUT2D eigenvalue weighted by Crippen LogP contribution is 2.25. The van der Waals surface area contributed by atoms with E-state index in [1.165, 1.54) is 12.1 Å². The molecule has 0 aliphatic carbocycles. The highest BCUT2D eigenvalue weighted by molar-refractivity contribution is 6.32. The molecule has 0 atom stereocenters. The van der Waals surface area contributed by atoms with E-state index < -0.39 is 10.3 Å². The third-order valence-corrected chi connectivity index (χ3v) is 3.26. The van der Waals surface area contributed by atoms with Gasteiger partial charge in [-0.05, 0) is 25.5 Å². The fourth-order valence-corrected chi connectivity index (χ4v) is 1.93. The van der Waals surface area contributed by atoms with E-state index in [-0.39, 0.29) is 16.6 Å². The molecule has 1 rings (SSSR count). The number of nitro groups is 1. The summed E-state index contributed by atoms with van der Waals surface area (Å²) in [6.07, 6.45) is 0. The summed E-state index contributed by atoms with van der Waals surface area (Å²) in [7, 11) is 1.59. The summed E-state index contributed by atoms with van der Waals surface area (Å²) in [6.45, 7) is 4.54. The van der Waals surface area contributed by atoms with Gasteiger partial charge in [0, 0.05) is 26.2 Å². The zero-order valence-electron chi connectivity index (χ0n) is 11.7. The Hall–Kier alpha value is -1.66. The van der Waals surface area contributed by atoms with E-state index in [2.05, 4.69) is 10.6 Å². The van der Waals surface area contributed by atoms with Crippen LogP contribution in [0, 0.1) is 15.5 Å². The van der Waals surface area contributed by atoms with Gasteiger partial charge in [0.25, 0.3) is 5.69 Å². The van der Waals surface area contributed by atoms with E-state index in [9.17, 15) is 14.9 Å². The Morgan fingerprint density at radius 2 is 2.10 bits per heavy atom. The molecule has 0 saturated carbocycles. The molecule has 0 bridgehead atoms. The third kappa shape index (κ3) is 4.18. The zero-order valence-corrected chi connectivity index (χ0v) is 12.5. The normalized spacial score (nSPS) is 11.2. The number of nitrogens with zero attached hydrogens (tertiary/aromatic N) is 1. The van der Waals surface area contributed by atoms with Gasteiger partial charge in [-0.15, -0.1) is 0 Å². The van der Waals surface area contributed by atoms with E-state index in [0.29, 0.717) is 13.1 Å². The van der Waals surface area contributed by atoms with Gasteiger partial charge < -0.3 is 10.6 Å². The molecule has 1 amide bonds. The summed E-state index contributed by atoms with van der Waals surface area (Å²) < 4.78 is 0. The Bertz CT molecular complexity index is 518. The molecule has 20 heavy (non-hydrogen) atoms. The molecule has 0 aromatic heterocycles. The fraction of sp³-hybridized carbons (Fsp3) is 0.462. The number of benzene rings is 1. The minimum atomic E-state index is -0.549. The van der Waals surface area contributed by atoms with E-state index >= 15 is 0 Å². The van der Waals surface area contributed by atoms with Crippen molar-refractivity contribution in [3.8, 4) is 0 Å². The summed E-state index contributed by atoms with van der Waals surface area (Å²) in [6, 6.07) is 4.65. The van der Waals surface area contributed by atoms with Gasteiger partial charge in [-0.2, -0.15) is 0 Å². The van der Waals surface area contributed by atoms with Crippen LogP contribution in [-0.2, 0) is 11.3 Å². The van der Waals surface area contributed by atoms with Crippen molar-refractivity contribution in [1.29, 1.82) is 0 Å². The van der Waals surface area contributed by atoms with E-state index in [0.717, 1.165) is 5.56 Å². The SMILES string of the molecule is CNC(=O)C(C)(C)CNCc1ccc(Cl)c([N+](=O)[O-])c1. The molecule has 0 fully saturated rings. The van der Waals surface area contributed by atoms with Gasteiger partial charge in [0.2, 0.25) is 5.91 Å². The number of nitro benzene ring substituents is 1. The smallest absolute Gasteiger partial charge is 0.288 e. The molecule has 0 saturated heterocycles. The van der Waals surface area contributed by atoms with Crippen LogP contribution in [0.2, 0.25) is 5.02 Å². The van der Waals surface area contributed by atoms with Crippen LogP contribution in [0.1, 0.15) is 19.4 Å². The quantitative estimate of drug-likeness (QED) is 0.622. The van der Waals surface area contributed by atoms with E-state index in [1.54, 1.807) is 13.1 Å². The number of halogens is 1. The number of rotatable bonds is 6. The first kappa shape index (κ1) is 16.4. The molecule has 0 unspecified atom stereocenters. The molecule has 110 valence electrons. The first-order valence-corrected chi connectivity index (χ1v) is 6.51. The molecule has 0 aliphatic rings. The van der Waals surface area contributed by atoms with Crippen LogP contribution in [0.5, 0.6) is 0 Å². The van der Waals surface area contributed by atoms with Crippen molar-refractivity contribution in [2.45, 2.75) is 20.4 Å². The summed E-state index contributed by atoms with van der Waals surface area (Å²) >= 11 is 5.74. The van der Waals surface area contributed by atoms with Gasteiger partial charge >= 0.3 is 0 Å². The highest BCUT2D eigenvalue weighted by Gasteiger charge is 2.25. The number of hydrogen-bond acceptors (Lipinski definition) is 4. The molecule has 2 N–H and O–H groups in total. The summed E-state index contributed by atoms with van der Waals surface area (Å²) in [5.41, 5.74) is 0.0814. The van der Waals surface area contributed by atoms with Crippen molar-refractivity contribution in [3.63, 3.8) is 0 Å². The predicted molar refractivity (Wildman–Crippen MR) is 77.7 cm³/mol. The van der Waals surface area contributed by atoms with Crippen LogP contribution < -0.4 is 10.6 Å². The fourth-order valence-electron chi connectivity index (χ4n) is 1.75. The molecule has 6 nitrogen and oxygen atoms in total. The van der Waals surface area contributed by atoms with Crippen molar-refractivity contribution in [3.05, 3.63) is 38.9 Å². The lowest BCUT2D eigenvalue weighted by Gasteiger charge is -2.22. The van der Waals surface area contributed by atoms with Crippen molar-refractivity contribution < 1.29 is 9.72 Å². The molecule has 7 heteroatoms. The molecule has 1 aromatic rings. The molecule has 0 spiro atoms. The van der Waals surface area contributed by atoms with Gasteiger partial charge in [-0.3, -0.25) is 14.9 Å². The predicted octanol–water partition coefficient (Wildman–Crippen LogP) is 2.11. The van der Waals surface area contributed by atoms with Gasteiger partial charge in [-0.25, -0.2) is 0 Å². The van der Waals surface area contributed by atoms with Crippen LogP contribution in [0.4, 0.5) is 5.69 Å². The largest absolute Gasteiger partial charge is 0.359 e. The van der Waals surface area contributed by atoms with Gasteiger partial charge in [0.1, 0.15) is 5.02 Å². The van der Waals surface area contributed by atoms with Gasteiger partial charge in [0.15, 0.2) is 0 Å². The lowest BCUT2D eigenvalue weighted by molar-refractivity contribution is -0.384. The van der Waals surface area contributed by atoms with Crippen LogP contribution in [0.25, 0.3) is 0 Å². The Balaban J connectivity index is 2.65. The number of carbonyl (C=O) groups excluding carboxylic acids is 1. The second kappa shape index (κ2) is 6.67. The second-order valence-corrected chi connectivity index (χ2v) is 5.52. The van der Waals surface area contributed by atoms with Crippen molar-refractivity contribution in [2.75, 3.05) is 13.6 Å². The molecule has 1 aromatic carbocycles. The Morgan fingerprint density at radius 1 is 1.45 bits per heavy atom. The summed E-state index contributed by atoms with van der Waals surface area (Å²) in [5.74, 6) is -0.0629. The maximum Gasteiger partial charge on any atom is 0.288 e. The third-order valence-electron chi connectivity index (χ3n) is 2.95.